The van der Waals surface area contributed by atoms with Crippen molar-refractivity contribution >= 4 is 35.5 Å². The maximum absolute atomic E-state index is 13.8. The summed E-state index contributed by atoms with van der Waals surface area (Å²) in [6.45, 7) is 13.0. The molecule has 0 aromatic rings. The molecule has 0 saturated carbocycles. The Morgan fingerprint density at radius 1 is 0.761 bits per heavy atom. The SMILES string of the molecule is CC[C@H](C)[C@H](N)C(=O)N1CCC[C@H]1C(=O)N[C@H](C(=O)N1CCC[C@H]1C(=O)N[C@H](C(=O)N[C@@H](CC(C)C)C(=O)O)[C@@H](C)CC)[C@@H](C)O. The standard InChI is InChI=1S/C32H56N6O8/c1-8-18(5)24(33)30(43)37-14-10-12-22(37)28(41)36-26(20(7)39)31(44)38-15-11-13-23(38)27(40)35-25(19(6)9-2)29(42)34-21(32(45)46)16-17(3)4/h17-26,39H,8-16,33H2,1-7H3,(H,34,42)(H,35,40)(H,36,41)(H,45,46)/t18-,19-,20+,21-,22-,23-,24-,25-,26-/m0/s1. The summed E-state index contributed by atoms with van der Waals surface area (Å²) in [7, 11) is 0. The summed E-state index contributed by atoms with van der Waals surface area (Å²) in [6, 6.07) is -6.09. The quantitative estimate of drug-likeness (QED) is 0.136. The molecule has 0 radical (unpaired) electrons. The molecular formula is C32H56N6O8. The average Bonchev–Trinajstić information content (AvgIpc) is 3.70. The number of rotatable bonds is 16. The van der Waals surface area contributed by atoms with Gasteiger partial charge in [-0.25, -0.2) is 4.79 Å². The van der Waals surface area contributed by atoms with Crippen LogP contribution >= 0.6 is 0 Å². The maximum atomic E-state index is 13.8. The van der Waals surface area contributed by atoms with Gasteiger partial charge in [-0.1, -0.05) is 54.4 Å². The van der Waals surface area contributed by atoms with Gasteiger partial charge in [0.25, 0.3) is 0 Å². The van der Waals surface area contributed by atoms with Crippen molar-refractivity contribution in [3.63, 3.8) is 0 Å². The van der Waals surface area contributed by atoms with Gasteiger partial charge in [0.15, 0.2) is 0 Å². The Balaban J connectivity index is 2.19. The number of nitrogens with zero attached hydrogens (tertiary/aromatic N) is 2. The number of hydrogen-bond donors (Lipinski definition) is 6. The third-order valence-corrected chi connectivity index (χ3v) is 9.38. The summed E-state index contributed by atoms with van der Waals surface area (Å²) in [5, 5.41) is 28.1. The first-order valence-corrected chi connectivity index (χ1v) is 16.7. The molecule has 0 bridgehead atoms. The van der Waals surface area contributed by atoms with Gasteiger partial charge in [-0.3, -0.25) is 24.0 Å². The number of aliphatic hydroxyl groups is 1. The van der Waals surface area contributed by atoms with Crippen molar-refractivity contribution < 1.29 is 39.0 Å². The van der Waals surface area contributed by atoms with Crippen LogP contribution in [0.25, 0.3) is 0 Å². The first-order chi connectivity index (χ1) is 21.5. The minimum atomic E-state index is -1.37. The molecule has 2 heterocycles. The van der Waals surface area contributed by atoms with E-state index in [4.69, 9.17) is 5.73 Å². The molecule has 2 rings (SSSR count). The van der Waals surface area contributed by atoms with Crippen molar-refractivity contribution in [3.05, 3.63) is 0 Å². The van der Waals surface area contributed by atoms with Crippen LogP contribution in [0.15, 0.2) is 0 Å². The number of amides is 5. The van der Waals surface area contributed by atoms with E-state index in [0.29, 0.717) is 45.1 Å². The summed E-state index contributed by atoms with van der Waals surface area (Å²) in [4.78, 5) is 81.6. The number of likely N-dealkylation sites (tertiary alicyclic amines) is 2. The Morgan fingerprint density at radius 2 is 1.24 bits per heavy atom. The van der Waals surface area contributed by atoms with E-state index in [9.17, 15) is 39.0 Å². The van der Waals surface area contributed by atoms with Gasteiger partial charge in [-0.2, -0.15) is 0 Å². The van der Waals surface area contributed by atoms with Crippen molar-refractivity contribution in [2.45, 2.75) is 136 Å². The van der Waals surface area contributed by atoms with Gasteiger partial charge < -0.3 is 41.7 Å². The first kappa shape index (κ1) is 38.9. The van der Waals surface area contributed by atoms with Gasteiger partial charge in [0.05, 0.1) is 12.1 Å². The highest BCUT2D eigenvalue weighted by Gasteiger charge is 2.43. The van der Waals surface area contributed by atoms with Crippen LogP contribution in [0.2, 0.25) is 0 Å². The normalized spacial score (nSPS) is 22.7. The number of nitrogens with two attached hydrogens (primary N) is 1. The summed E-state index contributed by atoms with van der Waals surface area (Å²) in [5.74, 6) is -4.33. The number of hydrogen-bond acceptors (Lipinski definition) is 8. The fourth-order valence-corrected chi connectivity index (χ4v) is 6.02. The molecule has 7 N–H and O–H groups in total. The molecule has 14 heteroatoms. The van der Waals surface area contributed by atoms with Crippen LogP contribution in [0.3, 0.4) is 0 Å². The summed E-state index contributed by atoms with van der Waals surface area (Å²) < 4.78 is 0. The molecule has 0 spiro atoms. The van der Waals surface area contributed by atoms with Crippen LogP contribution in [0, 0.1) is 17.8 Å². The fraction of sp³-hybridized carbons (Fsp3) is 0.812. The zero-order valence-electron chi connectivity index (χ0n) is 28.5. The maximum Gasteiger partial charge on any atom is 0.326 e. The second-order valence-electron chi connectivity index (χ2n) is 13.4. The lowest BCUT2D eigenvalue weighted by molar-refractivity contribution is -0.146. The second kappa shape index (κ2) is 17.6. The second-order valence-corrected chi connectivity index (χ2v) is 13.4. The summed E-state index contributed by atoms with van der Waals surface area (Å²) in [6.07, 6.45) is 1.90. The molecule has 14 nitrogen and oxygen atoms in total. The third kappa shape index (κ3) is 9.87. The van der Waals surface area contributed by atoms with Crippen LogP contribution in [-0.2, 0) is 28.8 Å². The largest absolute Gasteiger partial charge is 0.480 e. The fourth-order valence-electron chi connectivity index (χ4n) is 6.02. The Kier molecular flexibility index (Phi) is 14.9. The van der Waals surface area contributed by atoms with Crippen molar-refractivity contribution in [2.75, 3.05) is 13.1 Å². The topological polar surface area (TPSA) is 211 Å². The van der Waals surface area contributed by atoms with Gasteiger partial charge >= 0.3 is 5.97 Å². The Labute approximate surface area is 272 Å². The highest BCUT2D eigenvalue weighted by atomic mass is 16.4. The summed E-state index contributed by atoms with van der Waals surface area (Å²) in [5.41, 5.74) is 6.16. The van der Waals surface area contributed by atoms with E-state index in [1.54, 1.807) is 6.92 Å². The highest BCUT2D eigenvalue weighted by Crippen LogP contribution is 2.23. The van der Waals surface area contributed by atoms with Crippen molar-refractivity contribution in [3.8, 4) is 0 Å². The number of carboxylic acid groups (broad SMARTS) is 1. The Morgan fingerprint density at radius 3 is 1.67 bits per heavy atom. The van der Waals surface area contributed by atoms with E-state index >= 15 is 0 Å². The van der Waals surface area contributed by atoms with Crippen LogP contribution in [-0.4, -0.2) is 111 Å². The van der Waals surface area contributed by atoms with Crippen molar-refractivity contribution in [2.24, 2.45) is 23.5 Å². The van der Waals surface area contributed by atoms with Gasteiger partial charge in [-0.05, 0) is 56.8 Å². The molecule has 0 unspecified atom stereocenters. The van der Waals surface area contributed by atoms with Gasteiger partial charge in [0, 0.05) is 13.1 Å². The number of aliphatic carboxylic acids is 1. The van der Waals surface area contributed by atoms with Crippen LogP contribution in [0.4, 0.5) is 0 Å². The molecule has 5 amide bonds. The van der Waals surface area contributed by atoms with Gasteiger partial charge in [0.1, 0.15) is 30.2 Å². The molecule has 9 atom stereocenters. The number of carboxylic acids is 1. The van der Waals surface area contributed by atoms with Crippen LogP contribution < -0.4 is 21.7 Å². The van der Waals surface area contributed by atoms with Gasteiger partial charge in [-0.15, -0.1) is 0 Å². The Bertz CT molecular complexity index is 1100. The smallest absolute Gasteiger partial charge is 0.326 e. The molecule has 2 aliphatic rings. The lowest BCUT2D eigenvalue weighted by Gasteiger charge is -2.33. The van der Waals surface area contributed by atoms with E-state index in [1.165, 1.54) is 16.7 Å². The predicted molar refractivity (Wildman–Crippen MR) is 171 cm³/mol. The lowest BCUT2D eigenvalue weighted by atomic mass is 9.96. The zero-order valence-corrected chi connectivity index (χ0v) is 28.5. The molecule has 0 aromatic carbocycles. The van der Waals surface area contributed by atoms with E-state index < -0.39 is 72.0 Å². The zero-order chi connectivity index (χ0) is 34.9. The molecule has 2 aliphatic heterocycles. The van der Waals surface area contributed by atoms with Crippen LogP contribution in [0.5, 0.6) is 0 Å². The van der Waals surface area contributed by atoms with Crippen molar-refractivity contribution in [1.29, 1.82) is 0 Å². The Hall–Kier alpha value is -3.26. The van der Waals surface area contributed by atoms with Gasteiger partial charge in [0.2, 0.25) is 29.5 Å². The molecule has 0 aromatic heterocycles. The number of carbonyl (C=O) groups is 6. The lowest BCUT2D eigenvalue weighted by Crippen LogP contribution is -2.61. The number of aliphatic hydroxyl groups excluding tert-OH is 1. The molecule has 0 aliphatic carbocycles. The molecule has 2 saturated heterocycles. The minimum Gasteiger partial charge on any atom is -0.480 e. The summed E-state index contributed by atoms with van der Waals surface area (Å²) >= 11 is 0. The highest BCUT2D eigenvalue weighted by molar-refractivity contribution is 5.97. The molecular weight excluding hydrogens is 596 g/mol. The first-order valence-electron chi connectivity index (χ1n) is 16.7. The van der Waals surface area contributed by atoms with E-state index in [2.05, 4.69) is 16.0 Å². The van der Waals surface area contributed by atoms with E-state index in [-0.39, 0.29) is 36.6 Å². The third-order valence-electron chi connectivity index (χ3n) is 9.38. The molecule has 2 fully saturated rings. The van der Waals surface area contributed by atoms with E-state index in [0.717, 1.165) is 0 Å². The minimum absolute atomic E-state index is 0.0121. The molecule has 262 valence electrons. The number of nitrogens with one attached hydrogen (secondary N) is 3. The number of carbonyl (C=O) groups excluding carboxylic acids is 5. The average molecular weight is 653 g/mol. The van der Waals surface area contributed by atoms with E-state index in [1.807, 2.05) is 34.6 Å². The predicted octanol–water partition coefficient (Wildman–Crippen LogP) is 0.354. The monoisotopic (exact) mass is 652 g/mol. The van der Waals surface area contributed by atoms with Crippen LogP contribution in [0.1, 0.15) is 93.4 Å². The molecule has 46 heavy (non-hydrogen) atoms. The van der Waals surface area contributed by atoms with Crippen molar-refractivity contribution in [1.82, 2.24) is 25.8 Å².